The van der Waals surface area contributed by atoms with Crippen LogP contribution in [-0.2, 0) is 25.5 Å². The van der Waals surface area contributed by atoms with E-state index in [-0.39, 0.29) is 12.8 Å². The molecule has 0 N–H and O–H groups in total. The highest BCUT2D eigenvalue weighted by Gasteiger charge is 2.47. The molecule has 1 aromatic rings. The Morgan fingerprint density at radius 3 is 2.11 bits per heavy atom. The zero-order chi connectivity index (χ0) is 14.3. The first kappa shape index (κ1) is 15.0. The third kappa shape index (κ3) is 3.22. The van der Waals surface area contributed by atoms with Gasteiger partial charge in [-0.1, -0.05) is 36.4 Å². The SMILES string of the molecule is C=CCC(Cc1ccccc1)(C(=O)OC)C(=O)OC. The van der Waals surface area contributed by atoms with E-state index in [1.54, 1.807) is 0 Å². The van der Waals surface area contributed by atoms with Crippen LogP contribution in [0.3, 0.4) is 0 Å². The van der Waals surface area contributed by atoms with Gasteiger partial charge in [0, 0.05) is 0 Å². The van der Waals surface area contributed by atoms with E-state index in [9.17, 15) is 9.59 Å². The van der Waals surface area contributed by atoms with Gasteiger partial charge >= 0.3 is 11.9 Å². The van der Waals surface area contributed by atoms with Crippen molar-refractivity contribution in [1.82, 2.24) is 0 Å². The van der Waals surface area contributed by atoms with Crippen molar-refractivity contribution >= 4 is 11.9 Å². The standard InChI is InChI=1S/C15H18O4/c1-4-10-15(13(16)18-2,14(17)19-3)11-12-8-6-5-7-9-12/h4-9H,1,10-11H2,2-3H3. The molecular weight excluding hydrogens is 244 g/mol. The van der Waals surface area contributed by atoms with Crippen LogP contribution in [0.15, 0.2) is 43.0 Å². The van der Waals surface area contributed by atoms with Crippen LogP contribution in [0.2, 0.25) is 0 Å². The predicted molar refractivity (Wildman–Crippen MR) is 71.4 cm³/mol. The number of esters is 2. The van der Waals surface area contributed by atoms with Crippen LogP contribution in [0.25, 0.3) is 0 Å². The first-order valence-corrected chi connectivity index (χ1v) is 5.92. The summed E-state index contributed by atoms with van der Waals surface area (Å²) in [6.45, 7) is 3.60. The van der Waals surface area contributed by atoms with Crippen LogP contribution in [0.4, 0.5) is 0 Å². The summed E-state index contributed by atoms with van der Waals surface area (Å²) in [5.74, 6) is -1.22. The third-order valence-corrected chi connectivity index (χ3v) is 2.99. The lowest BCUT2D eigenvalue weighted by Crippen LogP contribution is -2.42. The Labute approximate surface area is 113 Å². The summed E-state index contributed by atoms with van der Waals surface area (Å²) in [4.78, 5) is 24.1. The molecule has 19 heavy (non-hydrogen) atoms. The molecule has 1 rings (SSSR count). The van der Waals surface area contributed by atoms with Gasteiger partial charge < -0.3 is 9.47 Å². The Morgan fingerprint density at radius 1 is 1.16 bits per heavy atom. The molecule has 0 amide bonds. The number of carbonyl (C=O) groups excluding carboxylic acids is 2. The second-order valence-corrected chi connectivity index (χ2v) is 4.22. The number of benzene rings is 1. The molecule has 0 spiro atoms. The van der Waals surface area contributed by atoms with E-state index >= 15 is 0 Å². The van der Waals surface area contributed by atoms with E-state index in [2.05, 4.69) is 6.58 Å². The molecule has 0 aromatic heterocycles. The monoisotopic (exact) mass is 262 g/mol. The highest BCUT2D eigenvalue weighted by Crippen LogP contribution is 2.31. The Kier molecular flexibility index (Phi) is 5.30. The first-order valence-electron chi connectivity index (χ1n) is 5.92. The maximum atomic E-state index is 12.1. The van der Waals surface area contributed by atoms with Gasteiger partial charge in [0.1, 0.15) is 0 Å². The molecule has 0 aliphatic rings. The van der Waals surface area contributed by atoms with Crippen molar-refractivity contribution in [3.05, 3.63) is 48.6 Å². The van der Waals surface area contributed by atoms with Crippen LogP contribution in [0.1, 0.15) is 12.0 Å². The molecule has 0 fully saturated rings. The number of allylic oxidation sites excluding steroid dienone is 1. The van der Waals surface area contributed by atoms with Gasteiger partial charge in [0.2, 0.25) is 0 Å². The number of methoxy groups -OCH3 is 2. The lowest BCUT2D eigenvalue weighted by molar-refractivity contribution is -0.168. The van der Waals surface area contributed by atoms with Crippen molar-refractivity contribution in [2.45, 2.75) is 12.8 Å². The molecule has 0 aliphatic carbocycles. The molecule has 102 valence electrons. The Bertz CT molecular complexity index is 434. The minimum absolute atomic E-state index is 0.168. The molecule has 0 saturated heterocycles. The fourth-order valence-electron chi connectivity index (χ4n) is 2.05. The van der Waals surface area contributed by atoms with Crippen LogP contribution in [-0.4, -0.2) is 26.2 Å². The molecule has 0 radical (unpaired) electrons. The lowest BCUT2D eigenvalue weighted by Gasteiger charge is -2.27. The lowest BCUT2D eigenvalue weighted by atomic mass is 9.78. The third-order valence-electron chi connectivity index (χ3n) is 2.99. The van der Waals surface area contributed by atoms with E-state index in [0.717, 1.165) is 5.56 Å². The highest BCUT2D eigenvalue weighted by molar-refractivity contribution is 6.00. The van der Waals surface area contributed by atoms with Gasteiger partial charge in [-0.05, 0) is 18.4 Å². The van der Waals surface area contributed by atoms with Crippen molar-refractivity contribution < 1.29 is 19.1 Å². The quantitative estimate of drug-likeness (QED) is 0.448. The van der Waals surface area contributed by atoms with Gasteiger partial charge in [0.15, 0.2) is 5.41 Å². The van der Waals surface area contributed by atoms with Gasteiger partial charge in [0.25, 0.3) is 0 Å². The summed E-state index contributed by atoms with van der Waals surface area (Å²) in [7, 11) is 2.52. The zero-order valence-electron chi connectivity index (χ0n) is 11.2. The molecular formula is C15H18O4. The largest absolute Gasteiger partial charge is 0.468 e. The summed E-state index contributed by atoms with van der Waals surface area (Å²) in [6, 6.07) is 9.27. The average molecular weight is 262 g/mol. The summed E-state index contributed by atoms with van der Waals surface area (Å²) in [5.41, 5.74) is -0.507. The normalized spacial score (nSPS) is 10.6. The van der Waals surface area contributed by atoms with Gasteiger partial charge in [0.05, 0.1) is 14.2 Å². The van der Waals surface area contributed by atoms with Gasteiger partial charge in [-0.3, -0.25) is 9.59 Å². The Hall–Kier alpha value is -2.10. The molecule has 0 unspecified atom stereocenters. The molecule has 4 heteroatoms. The minimum Gasteiger partial charge on any atom is -0.468 e. The van der Waals surface area contributed by atoms with E-state index in [0.29, 0.717) is 0 Å². The number of hydrogen-bond donors (Lipinski definition) is 0. The fourth-order valence-corrected chi connectivity index (χ4v) is 2.05. The molecule has 4 nitrogen and oxygen atoms in total. The predicted octanol–water partition coefficient (Wildman–Crippen LogP) is 2.14. The zero-order valence-corrected chi connectivity index (χ0v) is 11.2. The second kappa shape index (κ2) is 6.73. The summed E-state index contributed by atoms with van der Waals surface area (Å²) in [5, 5.41) is 0. The topological polar surface area (TPSA) is 52.6 Å². The Morgan fingerprint density at radius 2 is 1.68 bits per heavy atom. The number of carbonyl (C=O) groups is 2. The first-order chi connectivity index (χ1) is 9.10. The van der Waals surface area contributed by atoms with Gasteiger partial charge in [-0.25, -0.2) is 0 Å². The second-order valence-electron chi connectivity index (χ2n) is 4.22. The van der Waals surface area contributed by atoms with E-state index in [4.69, 9.17) is 9.47 Å². The average Bonchev–Trinajstić information content (AvgIpc) is 2.46. The number of ether oxygens (including phenoxy) is 2. The maximum absolute atomic E-state index is 12.1. The summed E-state index contributed by atoms with van der Waals surface area (Å²) in [6.07, 6.45) is 1.91. The van der Waals surface area contributed by atoms with Crippen molar-refractivity contribution in [1.29, 1.82) is 0 Å². The van der Waals surface area contributed by atoms with Crippen LogP contribution < -0.4 is 0 Å². The molecule has 0 saturated carbocycles. The highest BCUT2D eigenvalue weighted by atomic mass is 16.5. The minimum atomic E-state index is -1.37. The van der Waals surface area contributed by atoms with Crippen molar-refractivity contribution in [2.75, 3.05) is 14.2 Å². The van der Waals surface area contributed by atoms with Crippen molar-refractivity contribution in [3.8, 4) is 0 Å². The summed E-state index contributed by atoms with van der Waals surface area (Å²) >= 11 is 0. The molecule has 0 atom stereocenters. The van der Waals surface area contributed by atoms with Crippen LogP contribution >= 0.6 is 0 Å². The fraction of sp³-hybridized carbons (Fsp3) is 0.333. The number of hydrogen-bond acceptors (Lipinski definition) is 4. The molecule has 0 heterocycles. The van der Waals surface area contributed by atoms with Gasteiger partial charge in [-0.2, -0.15) is 0 Å². The number of rotatable bonds is 6. The van der Waals surface area contributed by atoms with Crippen LogP contribution in [0.5, 0.6) is 0 Å². The molecule has 0 aliphatic heterocycles. The van der Waals surface area contributed by atoms with E-state index in [1.807, 2.05) is 30.3 Å². The van der Waals surface area contributed by atoms with Crippen molar-refractivity contribution in [2.24, 2.45) is 5.41 Å². The molecule has 0 bridgehead atoms. The van der Waals surface area contributed by atoms with Gasteiger partial charge in [-0.15, -0.1) is 6.58 Å². The maximum Gasteiger partial charge on any atom is 0.323 e. The summed E-state index contributed by atoms with van der Waals surface area (Å²) < 4.78 is 9.55. The molecule has 1 aromatic carbocycles. The van der Waals surface area contributed by atoms with E-state index < -0.39 is 17.4 Å². The van der Waals surface area contributed by atoms with E-state index in [1.165, 1.54) is 20.3 Å². The smallest absolute Gasteiger partial charge is 0.323 e. The van der Waals surface area contributed by atoms with Crippen molar-refractivity contribution in [3.63, 3.8) is 0 Å². The van der Waals surface area contributed by atoms with Crippen LogP contribution in [0, 0.1) is 5.41 Å². The Balaban J connectivity index is 3.18.